The van der Waals surface area contributed by atoms with E-state index in [1.807, 2.05) is 4.90 Å². The average Bonchev–Trinajstić information content (AvgIpc) is 2.28. The number of anilines is 1. The van der Waals surface area contributed by atoms with E-state index in [2.05, 4.69) is 15.9 Å². The standard InChI is InChI=1S/C12H14BrF3N2/c13-10-4-3-8(12(14,15)16)6-11(10)18-5-1-2-9(17)7-18/h3-4,6,9H,1-2,5,7,17H2. The predicted octanol–water partition coefficient (Wildman–Crippen LogP) is 3.40. The summed E-state index contributed by atoms with van der Waals surface area (Å²) in [5.74, 6) is 0. The van der Waals surface area contributed by atoms with Gasteiger partial charge < -0.3 is 10.6 Å². The smallest absolute Gasteiger partial charge is 0.369 e. The largest absolute Gasteiger partial charge is 0.416 e. The molecule has 2 nitrogen and oxygen atoms in total. The molecule has 1 saturated heterocycles. The minimum atomic E-state index is -4.31. The number of halogens is 4. The fraction of sp³-hybridized carbons (Fsp3) is 0.500. The lowest BCUT2D eigenvalue weighted by atomic mass is 10.1. The summed E-state index contributed by atoms with van der Waals surface area (Å²) in [6.45, 7) is 1.34. The van der Waals surface area contributed by atoms with Crippen LogP contribution >= 0.6 is 15.9 Å². The maximum atomic E-state index is 12.7. The Morgan fingerprint density at radius 2 is 2.06 bits per heavy atom. The van der Waals surface area contributed by atoms with Crippen LogP contribution in [0.25, 0.3) is 0 Å². The average molecular weight is 323 g/mol. The molecule has 18 heavy (non-hydrogen) atoms. The highest BCUT2D eigenvalue weighted by molar-refractivity contribution is 9.10. The zero-order chi connectivity index (χ0) is 13.3. The minimum Gasteiger partial charge on any atom is -0.369 e. The minimum absolute atomic E-state index is 0.0280. The van der Waals surface area contributed by atoms with Gasteiger partial charge in [0.05, 0.1) is 11.3 Å². The molecule has 1 heterocycles. The predicted molar refractivity (Wildman–Crippen MR) is 68.6 cm³/mol. The molecule has 100 valence electrons. The molecule has 0 spiro atoms. The Morgan fingerprint density at radius 3 is 2.67 bits per heavy atom. The van der Waals surface area contributed by atoms with E-state index in [1.165, 1.54) is 12.1 Å². The molecule has 0 saturated carbocycles. The summed E-state index contributed by atoms with van der Waals surface area (Å²) < 4.78 is 38.7. The van der Waals surface area contributed by atoms with Gasteiger partial charge in [0.1, 0.15) is 0 Å². The highest BCUT2D eigenvalue weighted by Crippen LogP contribution is 2.36. The van der Waals surface area contributed by atoms with Crippen LogP contribution in [0.5, 0.6) is 0 Å². The van der Waals surface area contributed by atoms with Gasteiger partial charge in [-0.1, -0.05) is 0 Å². The Labute approximate surface area is 112 Å². The molecule has 2 rings (SSSR count). The second kappa shape index (κ2) is 5.09. The first-order chi connectivity index (χ1) is 8.38. The molecule has 1 atom stereocenters. The number of nitrogens with two attached hydrogens (primary N) is 1. The number of piperidine rings is 1. The van der Waals surface area contributed by atoms with Crippen LogP contribution in [-0.4, -0.2) is 19.1 Å². The van der Waals surface area contributed by atoms with Crippen molar-refractivity contribution in [3.05, 3.63) is 28.2 Å². The fourth-order valence-corrected chi connectivity index (χ4v) is 2.66. The van der Waals surface area contributed by atoms with E-state index < -0.39 is 11.7 Å². The first-order valence-corrected chi connectivity index (χ1v) is 6.54. The molecule has 6 heteroatoms. The molecule has 1 aromatic rings. The van der Waals surface area contributed by atoms with Crippen molar-refractivity contribution in [3.8, 4) is 0 Å². The Kier molecular flexibility index (Phi) is 3.87. The van der Waals surface area contributed by atoms with Gasteiger partial charge in [-0.15, -0.1) is 0 Å². The molecule has 1 aliphatic rings. The van der Waals surface area contributed by atoms with Crippen LogP contribution in [0.15, 0.2) is 22.7 Å². The topological polar surface area (TPSA) is 29.3 Å². The van der Waals surface area contributed by atoms with Crippen molar-refractivity contribution in [2.45, 2.75) is 25.1 Å². The number of alkyl halides is 3. The summed E-state index contributed by atoms with van der Waals surface area (Å²) in [7, 11) is 0. The van der Waals surface area contributed by atoms with Crippen LogP contribution in [0.2, 0.25) is 0 Å². The van der Waals surface area contributed by atoms with E-state index in [9.17, 15) is 13.2 Å². The maximum absolute atomic E-state index is 12.7. The molecule has 0 amide bonds. The second-order valence-electron chi connectivity index (χ2n) is 4.51. The Balaban J connectivity index is 2.31. The van der Waals surface area contributed by atoms with Crippen LogP contribution in [0.1, 0.15) is 18.4 Å². The Bertz CT molecular complexity index is 434. The number of nitrogens with zero attached hydrogens (tertiary/aromatic N) is 1. The Morgan fingerprint density at radius 1 is 1.33 bits per heavy atom. The number of benzene rings is 1. The zero-order valence-corrected chi connectivity index (χ0v) is 11.3. The summed E-state index contributed by atoms with van der Waals surface area (Å²) >= 11 is 3.30. The van der Waals surface area contributed by atoms with Crippen molar-refractivity contribution < 1.29 is 13.2 Å². The quantitative estimate of drug-likeness (QED) is 0.858. The van der Waals surface area contributed by atoms with Crippen LogP contribution in [0, 0.1) is 0 Å². The molecule has 0 aliphatic carbocycles. The third-order valence-corrected chi connectivity index (χ3v) is 3.74. The highest BCUT2D eigenvalue weighted by atomic mass is 79.9. The SMILES string of the molecule is NC1CCCN(c2cc(C(F)(F)F)ccc2Br)C1. The third kappa shape index (κ3) is 2.98. The van der Waals surface area contributed by atoms with Gasteiger partial charge in [-0.05, 0) is 47.0 Å². The summed E-state index contributed by atoms with van der Waals surface area (Å²) in [6, 6.07) is 3.73. The van der Waals surface area contributed by atoms with Gasteiger partial charge in [0.25, 0.3) is 0 Å². The molecule has 0 bridgehead atoms. The molecule has 2 N–H and O–H groups in total. The number of hydrogen-bond donors (Lipinski definition) is 1. The summed E-state index contributed by atoms with van der Waals surface area (Å²) in [5, 5.41) is 0. The van der Waals surface area contributed by atoms with E-state index in [0.29, 0.717) is 16.7 Å². The van der Waals surface area contributed by atoms with Crippen LogP contribution in [-0.2, 0) is 6.18 Å². The van der Waals surface area contributed by atoms with E-state index in [1.54, 1.807) is 0 Å². The van der Waals surface area contributed by atoms with Crippen molar-refractivity contribution >= 4 is 21.6 Å². The van der Waals surface area contributed by atoms with E-state index >= 15 is 0 Å². The number of rotatable bonds is 1. The van der Waals surface area contributed by atoms with Gasteiger partial charge in [-0.3, -0.25) is 0 Å². The van der Waals surface area contributed by atoms with Crippen molar-refractivity contribution in [1.82, 2.24) is 0 Å². The van der Waals surface area contributed by atoms with E-state index in [-0.39, 0.29) is 6.04 Å². The maximum Gasteiger partial charge on any atom is 0.416 e. The molecule has 1 unspecified atom stereocenters. The van der Waals surface area contributed by atoms with Crippen molar-refractivity contribution in [3.63, 3.8) is 0 Å². The first kappa shape index (κ1) is 13.7. The fourth-order valence-electron chi connectivity index (χ4n) is 2.16. The van der Waals surface area contributed by atoms with Gasteiger partial charge in [0.15, 0.2) is 0 Å². The molecule has 0 aromatic heterocycles. The van der Waals surface area contributed by atoms with Crippen LogP contribution < -0.4 is 10.6 Å². The van der Waals surface area contributed by atoms with Crippen LogP contribution in [0.4, 0.5) is 18.9 Å². The Hall–Kier alpha value is -0.750. The molecular formula is C12H14BrF3N2. The third-order valence-electron chi connectivity index (χ3n) is 3.07. The van der Waals surface area contributed by atoms with E-state index in [4.69, 9.17) is 5.73 Å². The van der Waals surface area contributed by atoms with Crippen molar-refractivity contribution in [2.75, 3.05) is 18.0 Å². The lowest BCUT2D eigenvalue weighted by molar-refractivity contribution is -0.137. The molecule has 1 aromatic carbocycles. The van der Waals surface area contributed by atoms with Gasteiger partial charge in [0, 0.05) is 23.6 Å². The highest BCUT2D eigenvalue weighted by Gasteiger charge is 2.31. The summed E-state index contributed by atoms with van der Waals surface area (Å²) in [5.41, 5.74) is 5.80. The molecule has 1 aliphatic heterocycles. The monoisotopic (exact) mass is 322 g/mol. The normalized spacial score (nSPS) is 21.2. The van der Waals surface area contributed by atoms with Gasteiger partial charge in [-0.2, -0.15) is 13.2 Å². The lowest BCUT2D eigenvalue weighted by Gasteiger charge is -2.33. The van der Waals surface area contributed by atoms with Crippen molar-refractivity contribution in [1.29, 1.82) is 0 Å². The first-order valence-electron chi connectivity index (χ1n) is 5.75. The van der Waals surface area contributed by atoms with Crippen molar-refractivity contribution in [2.24, 2.45) is 5.73 Å². The lowest BCUT2D eigenvalue weighted by Crippen LogP contribution is -2.43. The van der Waals surface area contributed by atoms with Gasteiger partial charge in [0.2, 0.25) is 0 Å². The molecular weight excluding hydrogens is 309 g/mol. The van der Waals surface area contributed by atoms with E-state index in [0.717, 1.165) is 25.5 Å². The van der Waals surface area contributed by atoms with Gasteiger partial charge in [-0.25, -0.2) is 0 Å². The zero-order valence-electron chi connectivity index (χ0n) is 9.67. The molecule has 0 radical (unpaired) electrons. The second-order valence-corrected chi connectivity index (χ2v) is 5.37. The van der Waals surface area contributed by atoms with Gasteiger partial charge >= 0.3 is 6.18 Å². The van der Waals surface area contributed by atoms with Crippen LogP contribution in [0.3, 0.4) is 0 Å². The summed E-state index contributed by atoms with van der Waals surface area (Å²) in [4.78, 5) is 1.91. The summed E-state index contributed by atoms with van der Waals surface area (Å²) in [6.07, 6.45) is -2.48. The molecule has 1 fully saturated rings. The number of hydrogen-bond acceptors (Lipinski definition) is 2.